The van der Waals surface area contributed by atoms with E-state index in [-0.39, 0.29) is 0 Å². The minimum Gasteiger partial charge on any atom is -0.259 e. The molecule has 1 N–H and O–H groups in total. The van der Waals surface area contributed by atoms with Crippen LogP contribution in [0, 0.1) is 5.41 Å². The number of hydrogen-bond donors (Lipinski definition) is 1. The van der Waals surface area contributed by atoms with E-state index in [4.69, 9.17) is 17.0 Å². The van der Waals surface area contributed by atoms with Gasteiger partial charge in [-0.1, -0.05) is 35.9 Å². The normalized spacial score (nSPS) is 8.07. The lowest BCUT2D eigenvalue weighted by Crippen LogP contribution is -1.66. The second kappa shape index (κ2) is 10.8. The summed E-state index contributed by atoms with van der Waals surface area (Å²) in [5, 5.41) is 7.30. The highest BCUT2D eigenvalue weighted by molar-refractivity contribution is 6.30. The molecule has 0 saturated carbocycles. The summed E-state index contributed by atoms with van der Waals surface area (Å²) < 4.78 is 0. The van der Waals surface area contributed by atoms with Crippen molar-refractivity contribution in [3.63, 3.8) is 0 Å². The van der Waals surface area contributed by atoms with Gasteiger partial charge in [-0.25, -0.2) is 0 Å². The van der Waals surface area contributed by atoms with Crippen LogP contribution >= 0.6 is 11.6 Å². The highest BCUT2D eigenvalue weighted by Gasteiger charge is 1.76. The van der Waals surface area contributed by atoms with Crippen molar-refractivity contribution in [2.24, 2.45) is 0 Å². The van der Waals surface area contributed by atoms with E-state index < -0.39 is 0 Å². The van der Waals surface area contributed by atoms with Gasteiger partial charge in [-0.15, -0.1) is 6.58 Å². The predicted molar refractivity (Wildman–Crippen MR) is 67.8 cm³/mol. The van der Waals surface area contributed by atoms with Crippen molar-refractivity contribution in [2.75, 3.05) is 0 Å². The molecule has 1 aromatic carbocycles. The fourth-order valence-electron chi connectivity index (χ4n) is 0.851. The van der Waals surface area contributed by atoms with E-state index in [1.807, 2.05) is 36.4 Å². The average Bonchev–Trinajstić information content (AvgIpc) is 2.27. The van der Waals surface area contributed by atoms with E-state index in [1.165, 1.54) is 0 Å². The van der Waals surface area contributed by atoms with Crippen LogP contribution in [0.15, 0.2) is 49.1 Å². The molecule has 15 heavy (non-hydrogen) atoms. The Labute approximate surface area is 96.6 Å². The van der Waals surface area contributed by atoms with E-state index in [1.54, 1.807) is 6.08 Å². The Morgan fingerprint density at radius 2 is 1.93 bits per heavy atom. The molecule has 0 radical (unpaired) electrons. The van der Waals surface area contributed by atoms with Gasteiger partial charge < -0.3 is 0 Å². The molecule has 0 saturated heterocycles. The number of rotatable bonds is 4. The number of halogens is 1. The van der Waals surface area contributed by atoms with Gasteiger partial charge in [-0.3, -0.25) is 5.41 Å². The van der Waals surface area contributed by atoms with Crippen LogP contribution < -0.4 is 0 Å². The van der Waals surface area contributed by atoms with Gasteiger partial charge in [0.25, 0.3) is 0 Å². The van der Waals surface area contributed by atoms with Crippen LogP contribution in [0.2, 0.25) is 5.02 Å². The molecular formula is C13H16ClN. The van der Waals surface area contributed by atoms with Crippen LogP contribution in [0.3, 0.4) is 0 Å². The van der Waals surface area contributed by atoms with Crippen molar-refractivity contribution in [3.8, 4) is 0 Å². The van der Waals surface area contributed by atoms with Crippen molar-refractivity contribution in [1.29, 1.82) is 5.41 Å². The van der Waals surface area contributed by atoms with E-state index in [9.17, 15) is 0 Å². The summed E-state index contributed by atoms with van der Waals surface area (Å²) in [6.45, 7) is 3.58. The Kier molecular flexibility index (Phi) is 9.84. The first-order chi connectivity index (χ1) is 7.31. The standard InChI is InChI=1S/C7H11N.C6H5Cl/c1-2-3-4-5-6-7-8;7-6-4-2-1-3-5-6/h2,6,8H,1,3-5H2;1-5H. The van der Waals surface area contributed by atoms with Gasteiger partial charge >= 0.3 is 0 Å². The van der Waals surface area contributed by atoms with Crippen LogP contribution in [0.25, 0.3) is 0 Å². The Balaban J connectivity index is 0.000000262. The van der Waals surface area contributed by atoms with Crippen molar-refractivity contribution < 1.29 is 0 Å². The van der Waals surface area contributed by atoms with Gasteiger partial charge in [0.05, 0.1) is 0 Å². The minimum absolute atomic E-state index is 0.794. The van der Waals surface area contributed by atoms with Crippen LogP contribution in [0.5, 0.6) is 0 Å². The lowest BCUT2D eigenvalue weighted by atomic mass is 10.2. The quantitative estimate of drug-likeness (QED) is 0.440. The lowest BCUT2D eigenvalue weighted by Gasteiger charge is -1.83. The first-order valence-corrected chi connectivity index (χ1v) is 5.24. The Morgan fingerprint density at radius 3 is 2.33 bits per heavy atom. The Hall–Kier alpha value is -1.30. The molecular weight excluding hydrogens is 206 g/mol. The first-order valence-electron chi connectivity index (χ1n) is 4.86. The molecule has 0 aromatic heterocycles. The third-order valence-corrected chi connectivity index (χ3v) is 1.84. The van der Waals surface area contributed by atoms with E-state index in [0.717, 1.165) is 24.3 Å². The van der Waals surface area contributed by atoms with Crippen LogP contribution in [-0.2, 0) is 0 Å². The van der Waals surface area contributed by atoms with Crippen LogP contribution in [0.4, 0.5) is 0 Å². The first kappa shape index (κ1) is 13.7. The van der Waals surface area contributed by atoms with Crippen molar-refractivity contribution >= 4 is 17.5 Å². The molecule has 0 atom stereocenters. The lowest BCUT2D eigenvalue weighted by molar-refractivity contribution is 0.873. The summed E-state index contributed by atoms with van der Waals surface area (Å²) in [6, 6.07) is 9.44. The number of allylic oxidation sites excluding steroid dienone is 2. The maximum absolute atomic E-state index is 6.51. The summed E-state index contributed by atoms with van der Waals surface area (Å²) in [5.41, 5.74) is 0. The monoisotopic (exact) mass is 221 g/mol. The fourth-order valence-corrected chi connectivity index (χ4v) is 0.997. The fraction of sp³-hybridized carbons (Fsp3) is 0.231. The molecule has 0 amide bonds. The molecule has 1 aromatic rings. The molecule has 0 spiro atoms. The molecule has 0 heterocycles. The van der Waals surface area contributed by atoms with Gasteiger partial charge in [0.2, 0.25) is 0 Å². The molecule has 0 aliphatic carbocycles. The summed E-state index contributed by atoms with van der Waals surface area (Å²) in [7, 11) is 0. The molecule has 0 aliphatic rings. The molecule has 0 aliphatic heterocycles. The van der Waals surface area contributed by atoms with Gasteiger partial charge in [-0.05, 0) is 43.3 Å². The average molecular weight is 222 g/mol. The van der Waals surface area contributed by atoms with Crippen molar-refractivity contribution in [2.45, 2.75) is 19.3 Å². The number of hydrogen-bond acceptors (Lipinski definition) is 1. The Morgan fingerprint density at radius 1 is 1.27 bits per heavy atom. The third-order valence-electron chi connectivity index (χ3n) is 1.59. The number of unbranched alkanes of at least 4 members (excludes halogenated alkanes) is 2. The van der Waals surface area contributed by atoms with E-state index in [2.05, 4.69) is 12.4 Å². The molecule has 0 unspecified atom stereocenters. The second-order valence-corrected chi connectivity index (χ2v) is 3.30. The van der Waals surface area contributed by atoms with Crippen LogP contribution in [0.1, 0.15) is 19.3 Å². The topological polar surface area (TPSA) is 23.9 Å². The van der Waals surface area contributed by atoms with Gasteiger partial charge in [0.1, 0.15) is 0 Å². The Bertz CT molecular complexity index is 300. The summed E-state index contributed by atoms with van der Waals surface area (Å²) >= 11 is 5.54. The zero-order chi connectivity index (χ0) is 11.4. The summed E-state index contributed by atoms with van der Waals surface area (Å²) in [6.07, 6.45) is 6.70. The molecule has 0 fully saturated rings. The molecule has 1 nitrogen and oxygen atoms in total. The molecule has 1 rings (SSSR count). The van der Waals surface area contributed by atoms with Gasteiger partial charge in [-0.2, -0.15) is 0 Å². The number of nitrogens with one attached hydrogen (secondary N) is 1. The van der Waals surface area contributed by atoms with E-state index in [0.29, 0.717) is 0 Å². The maximum Gasteiger partial charge on any atom is 0.0405 e. The van der Waals surface area contributed by atoms with Crippen LogP contribution in [-0.4, -0.2) is 5.87 Å². The second-order valence-electron chi connectivity index (χ2n) is 2.86. The highest BCUT2D eigenvalue weighted by Crippen LogP contribution is 2.03. The minimum atomic E-state index is 0.794. The zero-order valence-corrected chi connectivity index (χ0v) is 9.50. The smallest absolute Gasteiger partial charge is 0.0405 e. The third kappa shape index (κ3) is 10.6. The molecule has 2 heteroatoms. The molecule has 80 valence electrons. The van der Waals surface area contributed by atoms with E-state index >= 15 is 0 Å². The number of benzene rings is 1. The maximum atomic E-state index is 6.51. The SMILES string of the molecule is C=CCCCC=C=N.Clc1ccccc1. The highest BCUT2D eigenvalue weighted by atomic mass is 35.5. The summed E-state index contributed by atoms with van der Waals surface area (Å²) in [4.78, 5) is 0. The van der Waals surface area contributed by atoms with Crippen molar-refractivity contribution in [3.05, 3.63) is 54.1 Å². The zero-order valence-electron chi connectivity index (χ0n) is 8.75. The predicted octanol–water partition coefficient (Wildman–Crippen LogP) is 4.49. The summed E-state index contributed by atoms with van der Waals surface area (Å²) in [5.74, 6) is 2.22. The molecule has 0 bridgehead atoms. The van der Waals surface area contributed by atoms with Gasteiger partial charge in [0.15, 0.2) is 0 Å². The van der Waals surface area contributed by atoms with Crippen molar-refractivity contribution in [1.82, 2.24) is 0 Å². The van der Waals surface area contributed by atoms with Gasteiger partial charge in [0, 0.05) is 5.02 Å². The largest absolute Gasteiger partial charge is 0.259 e.